The molecule has 420 valence electrons. The predicted octanol–water partition coefficient (Wildman–Crippen LogP) is 2.26. The summed E-state index contributed by atoms with van der Waals surface area (Å²) in [6.07, 6.45) is -7.18. The van der Waals surface area contributed by atoms with E-state index in [-0.39, 0.29) is 61.9 Å². The third-order valence-electron chi connectivity index (χ3n) is 16.5. The molecule has 0 radical (unpaired) electrons. The number of aromatic carboxylic acids is 1. The molecule has 3 saturated heterocycles. The van der Waals surface area contributed by atoms with E-state index in [4.69, 9.17) is 42.6 Å². The van der Waals surface area contributed by atoms with Gasteiger partial charge in [0, 0.05) is 58.3 Å². The molecule has 75 heavy (non-hydrogen) atoms. The van der Waals surface area contributed by atoms with Gasteiger partial charge in [0.2, 0.25) is 5.43 Å². The Morgan fingerprint density at radius 3 is 2.28 bits per heavy atom. The monoisotopic (exact) mass is 1060 g/mol. The van der Waals surface area contributed by atoms with Crippen LogP contribution in [0, 0.1) is 17.8 Å². The maximum absolute atomic E-state index is 14.3. The molecule has 1 saturated carbocycles. The van der Waals surface area contributed by atoms with Crippen molar-refractivity contribution in [1.82, 2.24) is 14.9 Å². The number of aliphatic hydroxyl groups is 3. The lowest BCUT2D eigenvalue weighted by Gasteiger charge is -2.49. The van der Waals surface area contributed by atoms with Gasteiger partial charge in [-0.3, -0.25) is 28.9 Å². The highest BCUT2D eigenvalue weighted by atomic mass is 16.7. The van der Waals surface area contributed by atoms with Crippen molar-refractivity contribution < 1.29 is 82.2 Å². The molecular formula is C53H80N4O18. The molecule has 1 aromatic heterocycles. The first-order chi connectivity index (χ1) is 35.3. The third-order valence-corrected chi connectivity index (χ3v) is 16.5. The molecule has 4 fully saturated rings. The van der Waals surface area contributed by atoms with Crippen LogP contribution in [-0.4, -0.2) is 193 Å². The van der Waals surface area contributed by atoms with Crippen molar-refractivity contribution in [3.8, 4) is 5.75 Å². The van der Waals surface area contributed by atoms with Gasteiger partial charge in [0.05, 0.1) is 47.7 Å². The molecule has 5 aliphatic rings. The number of aliphatic hydroxyl groups excluding tert-OH is 2. The molecule has 5 heterocycles. The molecule has 7 rings (SSSR count). The quantitative estimate of drug-likeness (QED) is 0.119. The summed E-state index contributed by atoms with van der Waals surface area (Å²) in [5, 5.41) is 49.6. The number of carboxylic acid groups (broad SMARTS) is 1. The number of Topliss-reactive ketones (excluding diaryl/α,β-unsaturated/α-hetero) is 1. The average molecular weight is 1060 g/mol. The van der Waals surface area contributed by atoms with Gasteiger partial charge in [-0.15, -0.1) is 0 Å². The second-order valence-electron chi connectivity index (χ2n) is 22.2. The fraction of sp³-hybridized carbons (Fsp3) is 0.755. The second-order valence-corrected chi connectivity index (χ2v) is 22.2. The molecule has 1 aromatic carbocycles. The first-order valence-electron chi connectivity index (χ1n) is 26.2. The Morgan fingerprint density at radius 2 is 1.64 bits per heavy atom. The summed E-state index contributed by atoms with van der Waals surface area (Å²) in [7, 11) is 8.41. The first-order valence-corrected chi connectivity index (χ1v) is 26.2. The number of rotatable bonds is 16. The topological polar surface area (TPSA) is 273 Å². The summed E-state index contributed by atoms with van der Waals surface area (Å²) in [4.78, 5) is 68.6. The molecule has 5 N–H and O–H groups in total. The molecular weight excluding hydrogens is 981 g/mol. The summed E-state index contributed by atoms with van der Waals surface area (Å²) >= 11 is 0. The number of nitrogens with one attached hydrogen (secondary N) is 1. The second kappa shape index (κ2) is 23.3. The SMILES string of the molecule is CO[C@]1(C)C[C@@H](C)C(=O)[C@@H](O)[C@@]2(O)CC[C@H]2OC(=O)[C@H](C)[C@@H](O[C@H]2C[C@@](C)(OC)[C@@H](OC(=O)CCNCCCc3cc4c5c(c3)c(=O)c(C(=O)O)cn5N(C)CO4)[C@H](C)O2)[C@H](C)[C@H]1O[C@@H]1O[C@H](C)C[C@H](N(C)C)[C@H]1O. The number of aryl methyl sites for hydroxylation is 1. The number of benzene rings is 1. The largest absolute Gasteiger partial charge is 0.477 e. The highest BCUT2D eigenvalue weighted by molar-refractivity contribution is 5.95. The van der Waals surface area contributed by atoms with Crippen molar-refractivity contribution in [1.29, 1.82) is 0 Å². The molecule has 0 amide bonds. The van der Waals surface area contributed by atoms with E-state index < -0.39 is 119 Å². The zero-order valence-electron chi connectivity index (χ0n) is 45.4. The molecule has 2 aromatic rings. The molecule has 17 atom stereocenters. The maximum Gasteiger partial charge on any atom is 0.341 e. The number of carboxylic acids is 1. The molecule has 0 unspecified atom stereocenters. The van der Waals surface area contributed by atoms with Crippen LogP contribution in [0.1, 0.15) is 109 Å². The van der Waals surface area contributed by atoms with Gasteiger partial charge in [0.25, 0.3) is 0 Å². The Balaban J connectivity index is 1.04. The van der Waals surface area contributed by atoms with Crippen molar-refractivity contribution >= 4 is 34.6 Å². The van der Waals surface area contributed by atoms with E-state index in [9.17, 15) is 44.4 Å². The van der Waals surface area contributed by atoms with Crippen LogP contribution in [0.25, 0.3) is 10.9 Å². The summed E-state index contributed by atoms with van der Waals surface area (Å²) in [6.45, 7) is 13.2. The van der Waals surface area contributed by atoms with Crippen molar-refractivity contribution in [3.63, 3.8) is 0 Å². The molecule has 1 aliphatic carbocycles. The Morgan fingerprint density at radius 1 is 0.947 bits per heavy atom. The van der Waals surface area contributed by atoms with Gasteiger partial charge in [-0.2, -0.15) is 0 Å². The molecule has 0 spiro atoms. The van der Waals surface area contributed by atoms with Crippen LogP contribution in [0.3, 0.4) is 0 Å². The lowest BCUT2D eigenvalue weighted by Crippen LogP contribution is -2.64. The number of methoxy groups -OCH3 is 2. The minimum absolute atomic E-state index is 0.00945. The van der Waals surface area contributed by atoms with Crippen LogP contribution >= 0.6 is 0 Å². The fourth-order valence-corrected chi connectivity index (χ4v) is 11.7. The average Bonchev–Trinajstić information content (AvgIpc) is 3.36. The van der Waals surface area contributed by atoms with E-state index in [1.54, 1.807) is 57.4 Å². The number of carbonyl (C=O) groups excluding carboxylic acids is 3. The number of pyridine rings is 1. The van der Waals surface area contributed by atoms with Gasteiger partial charge in [-0.05, 0) is 111 Å². The number of likely N-dealkylation sites (N-methyl/N-ethyl adjacent to an activating group) is 1. The number of aromatic nitrogens is 1. The lowest BCUT2D eigenvalue weighted by atomic mass is 9.69. The lowest BCUT2D eigenvalue weighted by molar-refractivity contribution is -0.320. The van der Waals surface area contributed by atoms with Gasteiger partial charge in [-0.25, -0.2) is 4.79 Å². The van der Waals surface area contributed by atoms with Gasteiger partial charge in [0.15, 0.2) is 31.2 Å². The maximum atomic E-state index is 14.3. The van der Waals surface area contributed by atoms with E-state index >= 15 is 0 Å². The van der Waals surface area contributed by atoms with Crippen LogP contribution in [-0.2, 0) is 58.7 Å². The highest BCUT2D eigenvalue weighted by Gasteiger charge is 2.59. The zero-order chi connectivity index (χ0) is 55.1. The number of esters is 2. The van der Waals surface area contributed by atoms with Crippen LogP contribution in [0.4, 0.5) is 0 Å². The van der Waals surface area contributed by atoms with Gasteiger partial charge >= 0.3 is 17.9 Å². The number of fused-ring (bicyclic) bond motifs is 1. The standard InChI is InChI=1S/C53H80N4O18/c1-27-23-51(6,67-11)46(75-50-43(61)35(55(8)9)20-28(2)70-50)29(3)44(30(4)49(65)72-37-15-17-53(37,66)45(62)41(27)59)74-39-24-52(7,68-12)47(31(5)71-39)73-38(58)16-19-54-18-13-14-32-21-33-40-36(22-32)69-26-56(10)57(40)25-34(42(33)60)48(63)64/h21-22,25,27-31,35,37,39,43-47,50,54,61-62,66H,13-20,23-24,26H2,1-12H3,(H,63,64)/t27-,28-,29+,30-,31+,35+,37-,39+,43-,44+,45-,46-,47+,50+,51-,52-,53-/m1/s1. The first kappa shape index (κ1) is 58.4. The van der Waals surface area contributed by atoms with Gasteiger partial charge < -0.3 is 73.3 Å². The van der Waals surface area contributed by atoms with Crippen molar-refractivity contribution in [3.05, 3.63) is 39.7 Å². The molecule has 4 aliphatic heterocycles. The van der Waals surface area contributed by atoms with Crippen molar-refractivity contribution in [2.24, 2.45) is 17.8 Å². The third kappa shape index (κ3) is 11.9. The fourth-order valence-electron chi connectivity index (χ4n) is 11.7. The highest BCUT2D eigenvalue weighted by Crippen LogP contribution is 2.45. The van der Waals surface area contributed by atoms with Crippen LogP contribution in [0.5, 0.6) is 5.75 Å². The normalized spacial score (nSPS) is 37.6. The molecule has 0 bridgehead atoms. The van der Waals surface area contributed by atoms with Gasteiger partial charge in [0.1, 0.15) is 46.3 Å². The molecule has 22 heteroatoms. The summed E-state index contributed by atoms with van der Waals surface area (Å²) in [5.41, 5.74) is -4.13. The Labute approximate surface area is 438 Å². The number of carbonyl (C=O) groups is 4. The van der Waals surface area contributed by atoms with E-state index in [2.05, 4.69) is 5.32 Å². The number of hydrogen-bond acceptors (Lipinski definition) is 20. The van der Waals surface area contributed by atoms with E-state index in [0.29, 0.717) is 43.6 Å². The van der Waals surface area contributed by atoms with Crippen LogP contribution < -0.4 is 20.5 Å². The summed E-state index contributed by atoms with van der Waals surface area (Å²) < 4.78 is 58.3. The van der Waals surface area contributed by atoms with E-state index in [0.717, 1.165) is 5.56 Å². The Kier molecular flexibility index (Phi) is 18.2. The van der Waals surface area contributed by atoms with Crippen molar-refractivity contribution in [2.75, 3.05) is 60.2 Å². The summed E-state index contributed by atoms with van der Waals surface area (Å²) in [5.74, 6) is -5.50. The number of nitrogens with zero attached hydrogens (tertiary/aromatic N) is 3. The number of ether oxygens (including phenoxy) is 9. The van der Waals surface area contributed by atoms with Crippen LogP contribution in [0.15, 0.2) is 23.1 Å². The summed E-state index contributed by atoms with van der Waals surface area (Å²) in [6, 6.07) is 3.22. The Hall–Kier alpha value is -4.33. The predicted molar refractivity (Wildman–Crippen MR) is 270 cm³/mol. The number of hydrogen-bond donors (Lipinski definition) is 5. The number of ketones is 1. The van der Waals surface area contributed by atoms with E-state index in [1.165, 1.54) is 20.4 Å². The zero-order valence-corrected chi connectivity index (χ0v) is 45.4. The van der Waals surface area contributed by atoms with Crippen LogP contribution in [0.2, 0.25) is 0 Å². The minimum Gasteiger partial charge on any atom is -0.477 e. The Bertz CT molecular complexity index is 2460. The smallest absolute Gasteiger partial charge is 0.341 e. The molecule has 22 nitrogen and oxygen atoms in total. The minimum atomic E-state index is -2.01. The van der Waals surface area contributed by atoms with Gasteiger partial charge in [-0.1, -0.05) is 13.8 Å². The van der Waals surface area contributed by atoms with E-state index in [1.807, 2.05) is 38.9 Å². The van der Waals surface area contributed by atoms with Crippen molar-refractivity contribution in [2.45, 2.75) is 184 Å².